The minimum atomic E-state index is -0.797. The number of rotatable bonds is 5. The van der Waals surface area contributed by atoms with Gasteiger partial charge < -0.3 is 9.63 Å². The summed E-state index contributed by atoms with van der Waals surface area (Å²) in [5.41, 5.74) is -0.362. The Labute approximate surface area is 113 Å². The van der Waals surface area contributed by atoms with Crippen molar-refractivity contribution in [2.75, 3.05) is 0 Å². The Morgan fingerprint density at radius 2 is 2.21 bits per heavy atom. The third-order valence-electron chi connectivity index (χ3n) is 3.80. The normalized spacial score (nSPS) is 23.7. The van der Waals surface area contributed by atoms with Crippen LogP contribution in [0.15, 0.2) is 4.52 Å². The van der Waals surface area contributed by atoms with Gasteiger partial charge in [0.25, 0.3) is 0 Å². The number of hydrogen-bond acceptors (Lipinski definition) is 4. The van der Waals surface area contributed by atoms with Gasteiger partial charge in [0.2, 0.25) is 5.89 Å². The lowest BCUT2D eigenvalue weighted by Gasteiger charge is -2.19. The Hall–Kier alpha value is -1.39. The molecule has 1 aromatic heterocycles. The number of aromatic nitrogens is 2. The van der Waals surface area contributed by atoms with Crippen molar-refractivity contribution in [3.05, 3.63) is 11.7 Å². The molecule has 0 amide bonds. The van der Waals surface area contributed by atoms with E-state index in [0.29, 0.717) is 18.2 Å². The minimum Gasteiger partial charge on any atom is -0.481 e. The topological polar surface area (TPSA) is 76.2 Å². The zero-order valence-electron chi connectivity index (χ0n) is 11.8. The van der Waals surface area contributed by atoms with Crippen LogP contribution >= 0.6 is 0 Å². The number of aliphatic carboxylic acids is 1. The fourth-order valence-corrected chi connectivity index (χ4v) is 2.83. The van der Waals surface area contributed by atoms with Gasteiger partial charge in [0.05, 0.1) is 6.42 Å². The van der Waals surface area contributed by atoms with Crippen molar-refractivity contribution in [1.82, 2.24) is 10.1 Å². The number of carboxylic acid groups (broad SMARTS) is 1. The lowest BCUT2D eigenvalue weighted by molar-refractivity contribution is -0.139. The molecule has 19 heavy (non-hydrogen) atoms. The number of nitrogens with zero attached hydrogens (tertiary/aromatic N) is 2. The zero-order valence-corrected chi connectivity index (χ0v) is 11.8. The van der Waals surface area contributed by atoms with Crippen LogP contribution in [-0.2, 0) is 11.2 Å². The molecule has 1 aromatic rings. The number of carboxylic acids is 1. The van der Waals surface area contributed by atoms with E-state index in [9.17, 15) is 4.79 Å². The van der Waals surface area contributed by atoms with Gasteiger partial charge in [-0.25, -0.2) is 0 Å². The average molecular weight is 266 g/mol. The first-order valence-electron chi connectivity index (χ1n) is 6.90. The molecule has 1 heterocycles. The standard InChI is InChI=1S/C14H22N2O3/c1-9-4-5-10(6-9)13-15-11(19-16-13)7-14(2,3)8-12(17)18/h9-10H,4-8H2,1-3H3,(H,17,18). The maximum Gasteiger partial charge on any atom is 0.303 e. The predicted molar refractivity (Wildman–Crippen MR) is 69.8 cm³/mol. The van der Waals surface area contributed by atoms with Crippen molar-refractivity contribution in [2.24, 2.45) is 11.3 Å². The van der Waals surface area contributed by atoms with Crippen LogP contribution in [0, 0.1) is 11.3 Å². The highest BCUT2D eigenvalue weighted by atomic mass is 16.5. The highest BCUT2D eigenvalue weighted by Gasteiger charge is 2.29. The van der Waals surface area contributed by atoms with Crippen LogP contribution < -0.4 is 0 Å². The summed E-state index contributed by atoms with van der Waals surface area (Å²) in [6.45, 7) is 6.06. The summed E-state index contributed by atoms with van der Waals surface area (Å²) in [7, 11) is 0. The van der Waals surface area contributed by atoms with Gasteiger partial charge in [0.1, 0.15) is 0 Å². The SMILES string of the molecule is CC1CCC(c2noc(CC(C)(C)CC(=O)O)n2)C1. The molecule has 0 saturated heterocycles. The fourth-order valence-electron chi connectivity index (χ4n) is 2.83. The quantitative estimate of drug-likeness (QED) is 0.886. The van der Waals surface area contributed by atoms with Crippen molar-refractivity contribution in [3.8, 4) is 0 Å². The molecular weight excluding hydrogens is 244 g/mol. The third-order valence-corrected chi connectivity index (χ3v) is 3.80. The number of carbonyl (C=O) groups is 1. The molecule has 106 valence electrons. The van der Waals surface area contributed by atoms with Gasteiger partial charge >= 0.3 is 5.97 Å². The van der Waals surface area contributed by atoms with Crippen molar-refractivity contribution in [2.45, 2.75) is 58.8 Å². The Balaban J connectivity index is 1.99. The van der Waals surface area contributed by atoms with E-state index in [-0.39, 0.29) is 11.8 Å². The number of hydrogen-bond donors (Lipinski definition) is 1. The molecule has 0 radical (unpaired) electrons. The molecule has 5 heteroatoms. The molecule has 2 atom stereocenters. The molecule has 1 aliphatic carbocycles. The Kier molecular flexibility index (Phi) is 3.92. The molecule has 1 fully saturated rings. The molecule has 1 N–H and O–H groups in total. The first-order chi connectivity index (χ1) is 8.85. The van der Waals surface area contributed by atoms with E-state index >= 15 is 0 Å². The van der Waals surface area contributed by atoms with Gasteiger partial charge in [-0.15, -0.1) is 0 Å². The summed E-state index contributed by atoms with van der Waals surface area (Å²) in [5, 5.41) is 12.9. The van der Waals surface area contributed by atoms with Crippen LogP contribution in [0.3, 0.4) is 0 Å². The maximum absolute atomic E-state index is 10.8. The molecule has 1 saturated carbocycles. The molecule has 0 spiro atoms. The van der Waals surface area contributed by atoms with Crippen LogP contribution in [0.1, 0.15) is 64.1 Å². The molecule has 0 bridgehead atoms. The second-order valence-electron chi connectivity index (χ2n) is 6.57. The third kappa shape index (κ3) is 3.78. The van der Waals surface area contributed by atoms with Crippen molar-refractivity contribution >= 4 is 5.97 Å². The van der Waals surface area contributed by atoms with Gasteiger partial charge in [-0.05, 0) is 30.6 Å². The molecule has 2 unspecified atom stereocenters. The summed E-state index contributed by atoms with van der Waals surface area (Å²) < 4.78 is 5.28. The van der Waals surface area contributed by atoms with E-state index in [1.165, 1.54) is 6.42 Å². The molecular formula is C14H22N2O3. The van der Waals surface area contributed by atoms with Gasteiger partial charge in [-0.1, -0.05) is 25.9 Å². The van der Waals surface area contributed by atoms with Crippen LogP contribution in [0.5, 0.6) is 0 Å². The first kappa shape index (κ1) is 14.0. The van der Waals surface area contributed by atoms with Crippen LogP contribution in [-0.4, -0.2) is 21.2 Å². The van der Waals surface area contributed by atoms with E-state index in [1.807, 2.05) is 13.8 Å². The van der Waals surface area contributed by atoms with Crippen molar-refractivity contribution in [3.63, 3.8) is 0 Å². The van der Waals surface area contributed by atoms with Crippen LogP contribution in [0.25, 0.3) is 0 Å². The Morgan fingerprint density at radius 3 is 2.79 bits per heavy atom. The molecule has 2 rings (SSSR count). The van der Waals surface area contributed by atoms with Gasteiger partial charge in [-0.3, -0.25) is 4.79 Å². The van der Waals surface area contributed by atoms with E-state index in [0.717, 1.165) is 24.6 Å². The van der Waals surface area contributed by atoms with Gasteiger partial charge in [0, 0.05) is 12.3 Å². The van der Waals surface area contributed by atoms with E-state index in [1.54, 1.807) is 0 Å². The molecule has 1 aliphatic rings. The van der Waals surface area contributed by atoms with Crippen LogP contribution in [0.4, 0.5) is 0 Å². The second kappa shape index (κ2) is 5.31. The highest BCUT2D eigenvalue weighted by Crippen LogP contribution is 2.36. The van der Waals surface area contributed by atoms with E-state index in [4.69, 9.17) is 9.63 Å². The minimum absolute atomic E-state index is 0.102. The summed E-state index contributed by atoms with van der Waals surface area (Å²) in [5.74, 6) is 1.70. The summed E-state index contributed by atoms with van der Waals surface area (Å²) in [6, 6.07) is 0. The highest BCUT2D eigenvalue weighted by molar-refractivity contribution is 5.67. The average Bonchev–Trinajstić information content (AvgIpc) is 2.84. The monoisotopic (exact) mass is 266 g/mol. The van der Waals surface area contributed by atoms with Gasteiger partial charge in [0.15, 0.2) is 5.82 Å². The smallest absolute Gasteiger partial charge is 0.303 e. The summed E-state index contributed by atoms with van der Waals surface area (Å²) in [4.78, 5) is 15.2. The Morgan fingerprint density at radius 1 is 1.47 bits per heavy atom. The lowest BCUT2D eigenvalue weighted by Crippen LogP contribution is -2.19. The predicted octanol–water partition coefficient (Wildman–Crippen LogP) is 3.02. The van der Waals surface area contributed by atoms with Crippen molar-refractivity contribution in [1.29, 1.82) is 0 Å². The van der Waals surface area contributed by atoms with E-state index in [2.05, 4.69) is 17.1 Å². The Bertz CT molecular complexity index is 453. The summed E-state index contributed by atoms with van der Waals surface area (Å²) in [6.07, 6.45) is 4.08. The lowest BCUT2D eigenvalue weighted by atomic mass is 9.86. The fraction of sp³-hybridized carbons (Fsp3) is 0.786. The largest absolute Gasteiger partial charge is 0.481 e. The second-order valence-corrected chi connectivity index (χ2v) is 6.57. The maximum atomic E-state index is 10.8. The van der Waals surface area contributed by atoms with Crippen molar-refractivity contribution < 1.29 is 14.4 Å². The van der Waals surface area contributed by atoms with Gasteiger partial charge in [-0.2, -0.15) is 4.98 Å². The zero-order chi connectivity index (χ0) is 14.0. The molecule has 5 nitrogen and oxygen atoms in total. The molecule has 0 aliphatic heterocycles. The van der Waals surface area contributed by atoms with Crippen LogP contribution in [0.2, 0.25) is 0 Å². The summed E-state index contributed by atoms with van der Waals surface area (Å²) >= 11 is 0. The first-order valence-corrected chi connectivity index (χ1v) is 6.90. The van der Waals surface area contributed by atoms with E-state index < -0.39 is 5.97 Å². The molecule has 0 aromatic carbocycles.